The maximum Gasteiger partial charge on any atom is 0.142 e. The molecule has 0 atom stereocenters. The van der Waals surface area contributed by atoms with Gasteiger partial charge in [0.05, 0.1) is 12.8 Å². The van der Waals surface area contributed by atoms with Gasteiger partial charge in [0.15, 0.2) is 0 Å². The Morgan fingerprint density at radius 3 is 2.68 bits per heavy atom. The van der Waals surface area contributed by atoms with Crippen LogP contribution in [-0.2, 0) is 6.61 Å². The predicted molar refractivity (Wildman–Crippen MR) is 80.6 cm³/mol. The SMILES string of the molecule is COc1ccc(Br)cc1COc1cccc(C)c1N. The summed E-state index contributed by atoms with van der Waals surface area (Å²) in [7, 11) is 1.65. The Bertz CT molecular complexity index is 584. The Balaban J connectivity index is 2.18. The predicted octanol–water partition coefficient (Wildman–Crippen LogP) is 3.93. The molecule has 4 heteroatoms. The second-order valence-electron chi connectivity index (χ2n) is 4.23. The summed E-state index contributed by atoms with van der Waals surface area (Å²) in [6.45, 7) is 2.37. The zero-order chi connectivity index (χ0) is 13.8. The minimum atomic E-state index is 0.413. The lowest BCUT2D eigenvalue weighted by molar-refractivity contribution is 0.298. The molecule has 0 aliphatic carbocycles. The summed E-state index contributed by atoms with van der Waals surface area (Å²) < 4.78 is 12.1. The molecule has 0 fully saturated rings. The van der Waals surface area contributed by atoms with Gasteiger partial charge in [0.25, 0.3) is 0 Å². The van der Waals surface area contributed by atoms with E-state index in [2.05, 4.69) is 15.9 Å². The van der Waals surface area contributed by atoms with Gasteiger partial charge in [-0.05, 0) is 36.8 Å². The third kappa shape index (κ3) is 3.20. The van der Waals surface area contributed by atoms with E-state index in [4.69, 9.17) is 15.2 Å². The van der Waals surface area contributed by atoms with Crippen molar-refractivity contribution in [1.82, 2.24) is 0 Å². The molecule has 0 aliphatic rings. The van der Waals surface area contributed by atoms with Crippen LogP contribution in [0.4, 0.5) is 5.69 Å². The summed E-state index contributed by atoms with van der Waals surface area (Å²) in [5, 5.41) is 0. The molecule has 2 N–H and O–H groups in total. The lowest BCUT2D eigenvalue weighted by Crippen LogP contribution is -2.01. The van der Waals surface area contributed by atoms with E-state index >= 15 is 0 Å². The second kappa shape index (κ2) is 5.97. The second-order valence-corrected chi connectivity index (χ2v) is 5.15. The molecule has 0 aliphatic heterocycles. The summed E-state index contributed by atoms with van der Waals surface area (Å²) in [6.07, 6.45) is 0. The number of hydrogen-bond donors (Lipinski definition) is 1. The van der Waals surface area contributed by atoms with Gasteiger partial charge in [-0.1, -0.05) is 28.1 Å². The number of ether oxygens (including phenoxy) is 2. The van der Waals surface area contributed by atoms with Crippen LogP contribution in [0.25, 0.3) is 0 Å². The topological polar surface area (TPSA) is 44.5 Å². The summed E-state index contributed by atoms with van der Waals surface area (Å²) >= 11 is 3.44. The quantitative estimate of drug-likeness (QED) is 0.868. The normalized spacial score (nSPS) is 10.3. The zero-order valence-corrected chi connectivity index (χ0v) is 12.5. The lowest BCUT2D eigenvalue weighted by Gasteiger charge is -2.13. The van der Waals surface area contributed by atoms with Crippen LogP contribution in [0.15, 0.2) is 40.9 Å². The average Bonchev–Trinajstić information content (AvgIpc) is 2.40. The van der Waals surface area contributed by atoms with Crippen LogP contribution in [0.5, 0.6) is 11.5 Å². The molecule has 0 bridgehead atoms. The van der Waals surface area contributed by atoms with E-state index in [9.17, 15) is 0 Å². The number of hydrogen-bond acceptors (Lipinski definition) is 3. The van der Waals surface area contributed by atoms with Crippen molar-refractivity contribution in [2.24, 2.45) is 0 Å². The number of para-hydroxylation sites is 1. The summed E-state index contributed by atoms with van der Waals surface area (Å²) in [5.74, 6) is 1.50. The fourth-order valence-corrected chi connectivity index (χ4v) is 2.20. The number of methoxy groups -OCH3 is 1. The molecular formula is C15H16BrNO2. The highest BCUT2D eigenvalue weighted by Crippen LogP contribution is 2.28. The molecule has 100 valence electrons. The Morgan fingerprint density at radius 2 is 1.95 bits per heavy atom. The van der Waals surface area contributed by atoms with Crippen molar-refractivity contribution in [2.75, 3.05) is 12.8 Å². The first-order valence-corrected chi connectivity index (χ1v) is 6.71. The Morgan fingerprint density at radius 1 is 1.16 bits per heavy atom. The number of rotatable bonds is 4. The number of nitrogens with two attached hydrogens (primary N) is 1. The van der Waals surface area contributed by atoms with Crippen LogP contribution in [0.1, 0.15) is 11.1 Å². The van der Waals surface area contributed by atoms with E-state index in [1.807, 2.05) is 43.3 Å². The highest BCUT2D eigenvalue weighted by molar-refractivity contribution is 9.10. The van der Waals surface area contributed by atoms with Crippen LogP contribution >= 0.6 is 15.9 Å². The van der Waals surface area contributed by atoms with Crippen LogP contribution in [0.2, 0.25) is 0 Å². The maximum atomic E-state index is 5.98. The van der Waals surface area contributed by atoms with Crippen LogP contribution in [-0.4, -0.2) is 7.11 Å². The van der Waals surface area contributed by atoms with Gasteiger partial charge in [0.1, 0.15) is 18.1 Å². The van der Waals surface area contributed by atoms with Crippen molar-refractivity contribution in [3.63, 3.8) is 0 Å². The van der Waals surface area contributed by atoms with Crippen LogP contribution in [0.3, 0.4) is 0 Å². The first kappa shape index (κ1) is 13.7. The molecule has 3 nitrogen and oxygen atoms in total. The summed E-state index contributed by atoms with van der Waals surface area (Å²) in [6, 6.07) is 11.6. The van der Waals surface area contributed by atoms with E-state index < -0.39 is 0 Å². The molecule has 0 unspecified atom stereocenters. The van der Waals surface area contributed by atoms with Gasteiger partial charge in [0.2, 0.25) is 0 Å². The monoisotopic (exact) mass is 321 g/mol. The minimum Gasteiger partial charge on any atom is -0.496 e. The molecule has 0 spiro atoms. The molecule has 0 heterocycles. The van der Waals surface area contributed by atoms with E-state index in [1.165, 1.54) is 0 Å². The zero-order valence-electron chi connectivity index (χ0n) is 10.9. The van der Waals surface area contributed by atoms with Crippen molar-refractivity contribution in [1.29, 1.82) is 0 Å². The minimum absolute atomic E-state index is 0.413. The number of anilines is 1. The van der Waals surface area contributed by atoms with Crippen LogP contribution in [0, 0.1) is 6.92 Å². The molecule has 2 aromatic rings. The molecule has 0 saturated heterocycles. The number of nitrogen functional groups attached to an aromatic ring is 1. The summed E-state index contributed by atoms with van der Waals surface area (Å²) in [5.41, 5.74) is 8.64. The van der Waals surface area contributed by atoms with Crippen molar-refractivity contribution in [3.05, 3.63) is 52.0 Å². The molecule has 0 saturated carbocycles. The van der Waals surface area contributed by atoms with Crippen molar-refractivity contribution in [3.8, 4) is 11.5 Å². The highest BCUT2D eigenvalue weighted by Gasteiger charge is 2.07. The summed E-state index contributed by atoms with van der Waals surface area (Å²) in [4.78, 5) is 0. The lowest BCUT2D eigenvalue weighted by atomic mass is 10.2. The number of aryl methyl sites for hydroxylation is 1. The third-order valence-corrected chi connectivity index (χ3v) is 3.40. The van der Waals surface area contributed by atoms with E-state index in [-0.39, 0.29) is 0 Å². The smallest absolute Gasteiger partial charge is 0.142 e. The molecule has 0 radical (unpaired) electrons. The molecule has 0 amide bonds. The Hall–Kier alpha value is -1.68. The van der Waals surface area contributed by atoms with Crippen molar-refractivity contribution in [2.45, 2.75) is 13.5 Å². The molecule has 0 aromatic heterocycles. The van der Waals surface area contributed by atoms with Gasteiger partial charge in [0, 0.05) is 10.0 Å². The maximum absolute atomic E-state index is 5.98. The number of halogens is 1. The Labute approximate surface area is 121 Å². The first-order chi connectivity index (χ1) is 9.11. The van der Waals surface area contributed by atoms with Crippen LogP contribution < -0.4 is 15.2 Å². The molecule has 2 rings (SSSR count). The van der Waals surface area contributed by atoms with Crippen molar-refractivity contribution >= 4 is 21.6 Å². The van der Waals surface area contributed by atoms with Gasteiger partial charge in [-0.3, -0.25) is 0 Å². The van der Waals surface area contributed by atoms with E-state index in [1.54, 1.807) is 7.11 Å². The van der Waals surface area contributed by atoms with Crippen molar-refractivity contribution < 1.29 is 9.47 Å². The fraction of sp³-hybridized carbons (Fsp3) is 0.200. The van der Waals surface area contributed by atoms with Gasteiger partial charge >= 0.3 is 0 Å². The largest absolute Gasteiger partial charge is 0.496 e. The molecule has 2 aromatic carbocycles. The van der Waals surface area contributed by atoms with E-state index in [0.29, 0.717) is 18.0 Å². The fourth-order valence-electron chi connectivity index (χ4n) is 1.80. The standard InChI is InChI=1S/C15H16BrNO2/c1-10-4-3-5-14(15(10)17)19-9-11-8-12(16)6-7-13(11)18-2/h3-8H,9,17H2,1-2H3. The first-order valence-electron chi connectivity index (χ1n) is 5.92. The molecular weight excluding hydrogens is 306 g/mol. The van der Waals surface area contributed by atoms with Gasteiger partial charge in [-0.25, -0.2) is 0 Å². The third-order valence-electron chi connectivity index (χ3n) is 2.91. The van der Waals surface area contributed by atoms with Gasteiger partial charge in [-0.15, -0.1) is 0 Å². The highest BCUT2D eigenvalue weighted by atomic mass is 79.9. The van der Waals surface area contributed by atoms with Gasteiger partial charge < -0.3 is 15.2 Å². The van der Waals surface area contributed by atoms with E-state index in [0.717, 1.165) is 21.3 Å². The average molecular weight is 322 g/mol. The Kier molecular flexibility index (Phi) is 4.32. The van der Waals surface area contributed by atoms with Gasteiger partial charge in [-0.2, -0.15) is 0 Å². The molecule has 19 heavy (non-hydrogen) atoms. The number of benzene rings is 2.